The SMILES string of the molecule is Cc1cc(C)n(CC2(CNS(=O)(=O)c3cnc4ccccn34)CC2)n1. The molecule has 1 saturated carbocycles. The van der Waals surface area contributed by atoms with Crippen molar-refractivity contribution in [2.24, 2.45) is 5.41 Å². The summed E-state index contributed by atoms with van der Waals surface area (Å²) in [6, 6.07) is 7.45. The van der Waals surface area contributed by atoms with Crippen LogP contribution in [0.25, 0.3) is 5.65 Å². The molecule has 1 aliphatic carbocycles. The first kappa shape index (κ1) is 16.3. The average Bonchev–Trinajstić information content (AvgIpc) is 3.06. The number of nitrogens with one attached hydrogen (secondary N) is 1. The van der Waals surface area contributed by atoms with Gasteiger partial charge in [0.2, 0.25) is 0 Å². The Hall–Kier alpha value is -2.19. The van der Waals surface area contributed by atoms with Crippen LogP contribution in [-0.4, -0.2) is 34.1 Å². The first-order chi connectivity index (χ1) is 11.9. The highest BCUT2D eigenvalue weighted by Gasteiger charge is 2.44. The molecule has 4 rings (SSSR count). The zero-order valence-corrected chi connectivity index (χ0v) is 15.1. The van der Waals surface area contributed by atoms with Crippen LogP contribution >= 0.6 is 0 Å². The van der Waals surface area contributed by atoms with E-state index in [0.29, 0.717) is 12.2 Å². The number of sulfonamides is 1. The van der Waals surface area contributed by atoms with Gasteiger partial charge in [0.25, 0.3) is 10.0 Å². The molecule has 1 aliphatic rings. The summed E-state index contributed by atoms with van der Waals surface area (Å²) in [5.74, 6) is 0. The predicted molar refractivity (Wildman–Crippen MR) is 93.7 cm³/mol. The summed E-state index contributed by atoms with van der Waals surface area (Å²) in [7, 11) is -3.61. The van der Waals surface area contributed by atoms with Gasteiger partial charge in [-0.2, -0.15) is 5.10 Å². The van der Waals surface area contributed by atoms with E-state index >= 15 is 0 Å². The fourth-order valence-electron chi connectivity index (χ4n) is 3.15. The number of aryl methyl sites for hydroxylation is 2. The number of fused-ring (bicyclic) bond motifs is 1. The molecular formula is C17H21N5O2S. The van der Waals surface area contributed by atoms with Crippen LogP contribution in [0.3, 0.4) is 0 Å². The first-order valence-electron chi connectivity index (χ1n) is 8.31. The van der Waals surface area contributed by atoms with E-state index in [1.807, 2.05) is 30.7 Å². The van der Waals surface area contributed by atoms with Crippen LogP contribution in [0.15, 0.2) is 41.7 Å². The molecule has 0 amide bonds. The number of imidazole rings is 1. The van der Waals surface area contributed by atoms with Crippen molar-refractivity contribution in [2.75, 3.05) is 6.54 Å². The third kappa shape index (κ3) is 3.07. The van der Waals surface area contributed by atoms with E-state index < -0.39 is 10.0 Å². The highest BCUT2D eigenvalue weighted by molar-refractivity contribution is 7.89. The monoisotopic (exact) mass is 359 g/mol. The van der Waals surface area contributed by atoms with Crippen molar-refractivity contribution in [3.8, 4) is 0 Å². The summed E-state index contributed by atoms with van der Waals surface area (Å²) >= 11 is 0. The van der Waals surface area contributed by atoms with Gasteiger partial charge in [-0.3, -0.25) is 9.08 Å². The lowest BCUT2D eigenvalue weighted by molar-refractivity contribution is 0.387. The molecule has 3 aromatic heterocycles. The van der Waals surface area contributed by atoms with Crippen molar-refractivity contribution in [3.63, 3.8) is 0 Å². The normalized spacial score (nSPS) is 16.4. The maximum absolute atomic E-state index is 12.7. The van der Waals surface area contributed by atoms with Gasteiger partial charge >= 0.3 is 0 Å². The minimum Gasteiger partial charge on any atom is -0.289 e. The van der Waals surface area contributed by atoms with Gasteiger partial charge in [0.15, 0.2) is 5.03 Å². The number of aromatic nitrogens is 4. The Bertz CT molecular complexity index is 1030. The van der Waals surface area contributed by atoms with Crippen molar-refractivity contribution in [1.29, 1.82) is 0 Å². The number of pyridine rings is 1. The fraction of sp³-hybridized carbons (Fsp3) is 0.412. The quantitative estimate of drug-likeness (QED) is 0.729. The number of hydrogen-bond donors (Lipinski definition) is 1. The highest BCUT2D eigenvalue weighted by atomic mass is 32.2. The Morgan fingerprint density at radius 1 is 1.28 bits per heavy atom. The second-order valence-corrected chi connectivity index (χ2v) is 8.65. The van der Waals surface area contributed by atoms with Crippen LogP contribution in [0.2, 0.25) is 0 Å². The molecule has 7 nitrogen and oxygen atoms in total. The lowest BCUT2D eigenvalue weighted by Crippen LogP contribution is -2.33. The summed E-state index contributed by atoms with van der Waals surface area (Å²) in [6.45, 7) is 5.14. The highest BCUT2D eigenvalue weighted by Crippen LogP contribution is 2.46. The topological polar surface area (TPSA) is 81.3 Å². The molecule has 0 saturated heterocycles. The predicted octanol–water partition coefficient (Wildman–Crippen LogP) is 1.91. The summed E-state index contributed by atoms with van der Waals surface area (Å²) in [5, 5.41) is 4.67. The molecule has 3 heterocycles. The van der Waals surface area contributed by atoms with E-state index in [1.54, 1.807) is 22.7 Å². The van der Waals surface area contributed by atoms with E-state index in [-0.39, 0.29) is 10.4 Å². The van der Waals surface area contributed by atoms with Crippen molar-refractivity contribution >= 4 is 15.7 Å². The molecule has 0 atom stereocenters. The van der Waals surface area contributed by atoms with Gasteiger partial charge in [-0.1, -0.05) is 6.07 Å². The Labute approximate surface area is 146 Å². The molecular weight excluding hydrogens is 338 g/mol. The number of nitrogens with zero attached hydrogens (tertiary/aromatic N) is 4. The van der Waals surface area contributed by atoms with E-state index in [4.69, 9.17) is 0 Å². The molecule has 132 valence electrons. The molecule has 1 N–H and O–H groups in total. The standard InChI is InChI=1S/C17H21N5O2S/c1-13-9-14(2)22(20-13)12-17(6-7-17)11-19-25(23,24)16-10-18-15-5-3-4-8-21(15)16/h3-5,8-10,19H,6-7,11-12H2,1-2H3. The minimum absolute atomic E-state index is 0.0449. The van der Waals surface area contributed by atoms with Crippen LogP contribution in [0.5, 0.6) is 0 Å². The molecule has 0 unspecified atom stereocenters. The lowest BCUT2D eigenvalue weighted by atomic mass is 10.1. The Morgan fingerprint density at radius 3 is 2.76 bits per heavy atom. The van der Waals surface area contributed by atoms with E-state index in [0.717, 1.165) is 30.8 Å². The average molecular weight is 359 g/mol. The minimum atomic E-state index is -3.61. The molecule has 0 aromatic carbocycles. The van der Waals surface area contributed by atoms with Gasteiger partial charge in [0, 0.05) is 30.4 Å². The number of rotatable bonds is 6. The smallest absolute Gasteiger partial charge is 0.258 e. The van der Waals surface area contributed by atoms with E-state index in [9.17, 15) is 8.42 Å². The molecule has 0 spiro atoms. The van der Waals surface area contributed by atoms with E-state index in [1.165, 1.54) is 6.20 Å². The van der Waals surface area contributed by atoms with Gasteiger partial charge in [-0.25, -0.2) is 18.1 Å². The van der Waals surface area contributed by atoms with Gasteiger partial charge in [0.05, 0.1) is 11.9 Å². The molecule has 8 heteroatoms. The maximum Gasteiger partial charge on any atom is 0.258 e. The third-order valence-electron chi connectivity index (χ3n) is 4.84. The molecule has 0 aliphatic heterocycles. The van der Waals surface area contributed by atoms with Crippen LogP contribution in [-0.2, 0) is 16.6 Å². The summed E-state index contributed by atoms with van der Waals surface area (Å²) in [5.41, 5.74) is 2.66. The van der Waals surface area contributed by atoms with Crippen molar-refractivity contribution < 1.29 is 8.42 Å². The summed E-state index contributed by atoms with van der Waals surface area (Å²) in [6.07, 6.45) is 5.11. The first-order valence-corrected chi connectivity index (χ1v) is 9.80. The fourth-order valence-corrected chi connectivity index (χ4v) is 4.40. The molecule has 3 aromatic rings. The molecule has 0 bridgehead atoms. The molecule has 1 fully saturated rings. The summed E-state index contributed by atoms with van der Waals surface area (Å²) < 4.78 is 31.8. The Kier molecular flexibility index (Phi) is 3.69. The number of hydrogen-bond acceptors (Lipinski definition) is 4. The Morgan fingerprint density at radius 2 is 2.08 bits per heavy atom. The van der Waals surface area contributed by atoms with Crippen LogP contribution < -0.4 is 4.72 Å². The van der Waals surface area contributed by atoms with Gasteiger partial charge in [-0.15, -0.1) is 0 Å². The van der Waals surface area contributed by atoms with Crippen molar-refractivity contribution in [3.05, 3.63) is 48.0 Å². The zero-order chi connectivity index (χ0) is 17.7. The van der Waals surface area contributed by atoms with Gasteiger partial charge in [0.1, 0.15) is 5.65 Å². The van der Waals surface area contributed by atoms with Crippen LogP contribution in [0, 0.1) is 19.3 Å². The third-order valence-corrected chi connectivity index (χ3v) is 6.22. The Balaban J connectivity index is 1.51. The second kappa shape index (κ2) is 5.67. The van der Waals surface area contributed by atoms with Gasteiger partial charge in [-0.05, 0) is 44.9 Å². The van der Waals surface area contributed by atoms with Crippen molar-refractivity contribution in [1.82, 2.24) is 23.9 Å². The van der Waals surface area contributed by atoms with Gasteiger partial charge < -0.3 is 0 Å². The molecule has 0 radical (unpaired) electrons. The second-order valence-electron chi connectivity index (χ2n) is 6.93. The lowest BCUT2D eigenvalue weighted by Gasteiger charge is -2.17. The van der Waals surface area contributed by atoms with Crippen LogP contribution in [0.4, 0.5) is 0 Å². The summed E-state index contributed by atoms with van der Waals surface area (Å²) in [4.78, 5) is 4.16. The van der Waals surface area contributed by atoms with E-state index in [2.05, 4.69) is 14.8 Å². The van der Waals surface area contributed by atoms with Crippen LogP contribution in [0.1, 0.15) is 24.2 Å². The largest absolute Gasteiger partial charge is 0.289 e. The maximum atomic E-state index is 12.7. The molecule has 25 heavy (non-hydrogen) atoms. The van der Waals surface area contributed by atoms with Crippen molar-refractivity contribution in [2.45, 2.75) is 38.3 Å². The zero-order valence-electron chi connectivity index (χ0n) is 14.3.